The molecule has 0 amide bonds. The third-order valence-corrected chi connectivity index (χ3v) is 5.67. The molecule has 3 aromatic carbocycles. The summed E-state index contributed by atoms with van der Waals surface area (Å²) in [4.78, 5) is 9.34. The summed E-state index contributed by atoms with van der Waals surface area (Å²) in [5, 5.41) is 1.18. The number of ether oxygens (including phenoxy) is 2. The van der Waals surface area contributed by atoms with Crippen LogP contribution in [0.25, 0.3) is 33.1 Å². The van der Waals surface area contributed by atoms with Crippen molar-refractivity contribution in [2.45, 2.75) is 13.2 Å². The lowest BCUT2D eigenvalue weighted by Gasteiger charge is -2.21. The molecule has 0 spiro atoms. The smallest absolute Gasteiger partial charge is 0.189 e. The Balaban J connectivity index is 1.64. The quantitative estimate of drug-likeness (QED) is 0.361. The number of aromatic nitrogens is 3. The molecule has 8 heteroatoms. The molecule has 0 fully saturated rings. The predicted octanol–water partition coefficient (Wildman–Crippen LogP) is 5.58. The number of benzene rings is 3. The average Bonchev–Trinajstić information content (AvgIpc) is 3.04. The van der Waals surface area contributed by atoms with Gasteiger partial charge in [-0.15, -0.1) is 0 Å². The van der Waals surface area contributed by atoms with Gasteiger partial charge in [0.25, 0.3) is 0 Å². The molecule has 0 aliphatic carbocycles. The van der Waals surface area contributed by atoms with Crippen LogP contribution < -0.4 is 4.74 Å². The zero-order valence-corrected chi connectivity index (χ0v) is 16.8. The van der Waals surface area contributed by atoms with E-state index in [1.54, 1.807) is 12.1 Å². The highest BCUT2D eigenvalue weighted by atomic mass is 35.5. The fourth-order valence-electron chi connectivity index (χ4n) is 4.14. The Bertz CT molecular complexity index is 1520. The zero-order chi connectivity index (χ0) is 21.1. The maximum atomic E-state index is 14.1. The Hall–Kier alpha value is -3.29. The summed E-state index contributed by atoms with van der Waals surface area (Å²) in [6, 6.07) is 12.4. The van der Waals surface area contributed by atoms with Crippen molar-refractivity contribution < 1.29 is 18.3 Å². The monoisotopic (exact) mass is 437 g/mol. The number of halogens is 3. The van der Waals surface area contributed by atoms with Gasteiger partial charge in [0.05, 0.1) is 29.7 Å². The second kappa shape index (κ2) is 6.87. The highest BCUT2D eigenvalue weighted by Gasteiger charge is 2.20. The van der Waals surface area contributed by atoms with Crippen molar-refractivity contribution in [1.82, 2.24) is 14.5 Å². The van der Waals surface area contributed by atoms with Gasteiger partial charge in [0.1, 0.15) is 22.9 Å². The van der Waals surface area contributed by atoms with Gasteiger partial charge in [-0.2, -0.15) is 0 Å². The van der Waals surface area contributed by atoms with Crippen molar-refractivity contribution in [3.63, 3.8) is 0 Å². The third-order valence-electron chi connectivity index (χ3n) is 5.45. The summed E-state index contributed by atoms with van der Waals surface area (Å²) in [5.41, 5.74) is 4.52. The molecule has 0 unspecified atom stereocenters. The maximum absolute atomic E-state index is 14.1. The molecule has 0 atom stereocenters. The summed E-state index contributed by atoms with van der Waals surface area (Å²) >= 11 is 6.34. The number of rotatable bonds is 2. The molecule has 154 valence electrons. The fraction of sp³-hybridized carbons (Fsp3) is 0.130. The fourth-order valence-corrected chi connectivity index (χ4v) is 4.40. The van der Waals surface area contributed by atoms with Crippen LogP contribution in [0.2, 0.25) is 5.02 Å². The standard InChI is InChI=1S/C23H14ClF2N3O2/c24-14-5-12(22-13(6-14)10-30-11-31-22)9-29-20-4-2-15(25)7-17(20)21-23(29)28-18-3-1-16(26)8-19(18)27-21/h1-8H,9-11H2. The molecule has 0 bridgehead atoms. The summed E-state index contributed by atoms with van der Waals surface area (Å²) in [6.07, 6.45) is 0. The van der Waals surface area contributed by atoms with E-state index in [9.17, 15) is 8.78 Å². The Morgan fingerprint density at radius 1 is 0.968 bits per heavy atom. The van der Waals surface area contributed by atoms with Crippen LogP contribution in [0, 0.1) is 11.6 Å². The average molecular weight is 438 g/mol. The van der Waals surface area contributed by atoms with E-state index in [0.29, 0.717) is 45.8 Å². The molecule has 3 heterocycles. The minimum absolute atomic E-state index is 0.163. The second-order valence-electron chi connectivity index (χ2n) is 7.44. The van der Waals surface area contributed by atoms with Crippen LogP contribution in [0.5, 0.6) is 5.75 Å². The minimum Gasteiger partial charge on any atom is -0.467 e. The molecule has 0 saturated carbocycles. The molecular formula is C23H14ClF2N3O2. The number of hydrogen-bond donors (Lipinski definition) is 0. The lowest BCUT2D eigenvalue weighted by Crippen LogP contribution is -2.14. The minimum atomic E-state index is -0.402. The third kappa shape index (κ3) is 3.00. The van der Waals surface area contributed by atoms with E-state index < -0.39 is 5.82 Å². The van der Waals surface area contributed by atoms with Crippen LogP contribution in [0.15, 0.2) is 48.5 Å². The maximum Gasteiger partial charge on any atom is 0.189 e. The Morgan fingerprint density at radius 2 is 1.81 bits per heavy atom. The molecule has 1 aliphatic heterocycles. The van der Waals surface area contributed by atoms with Crippen LogP contribution in [0.3, 0.4) is 0 Å². The number of hydrogen-bond acceptors (Lipinski definition) is 4. The SMILES string of the molecule is Fc1ccc2nc3c(nc2c1)c1cc(F)ccc1n3Cc1cc(Cl)cc2c1OCOC2. The zero-order valence-electron chi connectivity index (χ0n) is 16.0. The van der Waals surface area contributed by atoms with E-state index >= 15 is 0 Å². The van der Waals surface area contributed by atoms with Crippen LogP contribution in [-0.2, 0) is 17.9 Å². The first-order chi connectivity index (χ1) is 15.1. The first-order valence-electron chi connectivity index (χ1n) is 9.63. The first kappa shape index (κ1) is 18.5. The molecular weight excluding hydrogens is 424 g/mol. The van der Waals surface area contributed by atoms with Gasteiger partial charge in [0.15, 0.2) is 12.4 Å². The molecule has 0 radical (unpaired) electrons. The molecule has 1 aliphatic rings. The summed E-state index contributed by atoms with van der Waals surface area (Å²) in [7, 11) is 0. The highest BCUT2D eigenvalue weighted by molar-refractivity contribution is 6.30. The molecule has 2 aromatic heterocycles. The topological polar surface area (TPSA) is 49.2 Å². The van der Waals surface area contributed by atoms with Crippen molar-refractivity contribution in [2.75, 3.05) is 6.79 Å². The highest BCUT2D eigenvalue weighted by Crippen LogP contribution is 2.35. The van der Waals surface area contributed by atoms with Gasteiger partial charge in [-0.05, 0) is 42.5 Å². The lowest BCUT2D eigenvalue weighted by atomic mass is 10.1. The molecule has 6 rings (SSSR count). The van der Waals surface area contributed by atoms with Gasteiger partial charge < -0.3 is 14.0 Å². The van der Waals surface area contributed by atoms with Gasteiger partial charge in [0, 0.05) is 27.6 Å². The van der Waals surface area contributed by atoms with Gasteiger partial charge in [-0.25, -0.2) is 18.7 Å². The normalized spacial score (nSPS) is 13.6. The van der Waals surface area contributed by atoms with E-state index in [0.717, 1.165) is 22.4 Å². The largest absolute Gasteiger partial charge is 0.467 e. The van der Waals surface area contributed by atoms with Crippen molar-refractivity contribution in [3.8, 4) is 5.75 Å². The number of fused-ring (bicyclic) bond motifs is 5. The summed E-state index contributed by atoms with van der Waals surface area (Å²) < 4.78 is 40.9. The van der Waals surface area contributed by atoms with Crippen molar-refractivity contribution in [3.05, 3.63) is 76.3 Å². The van der Waals surface area contributed by atoms with Gasteiger partial charge in [-0.1, -0.05) is 11.6 Å². The summed E-state index contributed by atoms with van der Waals surface area (Å²) in [6.45, 7) is 0.962. The Labute approximate surface area is 179 Å². The van der Waals surface area contributed by atoms with Gasteiger partial charge >= 0.3 is 0 Å². The second-order valence-corrected chi connectivity index (χ2v) is 7.88. The van der Waals surface area contributed by atoms with E-state index in [-0.39, 0.29) is 12.6 Å². The van der Waals surface area contributed by atoms with Gasteiger partial charge in [0.2, 0.25) is 0 Å². The predicted molar refractivity (Wildman–Crippen MR) is 113 cm³/mol. The van der Waals surface area contributed by atoms with E-state index in [2.05, 4.69) is 4.98 Å². The van der Waals surface area contributed by atoms with Crippen LogP contribution in [0.4, 0.5) is 8.78 Å². The molecule has 0 N–H and O–H groups in total. The van der Waals surface area contributed by atoms with E-state index in [4.69, 9.17) is 26.1 Å². The molecule has 0 saturated heterocycles. The van der Waals surface area contributed by atoms with Crippen molar-refractivity contribution >= 4 is 44.7 Å². The Morgan fingerprint density at radius 3 is 2.71 bits per heavy atom. The van der Waals surface area contributed by atoms with Crippen molar-refractivity contribution in [1.29, 1.82) is 0 Å². The van der Waals surface area contributed by atoms with Crippen LogP contribution >= 0.6 is 11.6 Å². The summed E-state index contributed by atoms with van der Waals surface area (Å²) in [5.74, 6) is -0.0575. The first-order valence-corrected chi connectivity index (χ1v) is 10.0. The lowest BCUT2D eigenvalue weighted by molar-refractivity contribution is -0.0170. The number of nitrogens with zero attached hydrogens (tertiary/aromatic N) is 3. The molecule has 5 aromatic rings. The van der Waals surface area contributed by atoms with Crippen molar-refractivity contribution in [2.24, 2.45) is 0 Å². The Kier molecular flexibility index (Phi) is 4.09. The van der Waals surface area contributed by atoms with E-state index in [1.165, 1.54) is 24.3 Å². The molecule has 31 heavy (non-hydrogen) atoms. The van der Waals surface area contributed by atoms with Gasteiger partial charge in [-0.3, -0.25) is 0 Å². The van der Waals surface area contributed by atoms with Crippen LogP contribution in [0.1, 0.15) is 11.1 Å². The van der Waals surface area contributed by atoms with Crippen LogP contribution in [-0.4, -0.2) is 21.3 Å². The van der Waals surface area contributed by atoms with E-state index in [1.807, 2.05) is 16.7 Å². The molecule has 5 nitrogen and oxygen atoms in total.